The summed E-state index contributed by atoms with van der Waals surface area (Å²) in [5, 5.41) is 12.0. The molecule has 0 amide bonds. The molecule has 0 radical (unpaired) electrons. The highest BCUT2D eigenvalue weighted by Gasteiger charge is 2.30. The Labute approximate surface area is 175 Å². The number of hydrogen-bond acceptors (Lipinski definition) is 7. The van der Waals surface area contributed by atoms with Crippen molar-refractivity contribution in [3.63, 3.8) is 0 Å². The molecule has 1 aliphatic carbocycles. The average Bonchev–Trinajstić information content (AvgIpc) is 3.36. The van der Waals surface area contributed by atoms with Crippen LogP contribution in [-0.4, -0.2) is 45.8 Å². The van der Waals surface area contributed by atoms with Crippen molar-refractivity contribution in [2.24, 2.45) is 0 Å². The van der Waals surface area contributed by atoms with Crippen LogP contribution in [0.15, 0.2) is 18.3 Å². The van der Waals surface area contributed by atoms with Crippen molar-refractivity contribution in [1.29, 1.82) is 0 Å². The molecular weight excluding hydrogens is 380 g/mol. The van der Waals surface area contributed by atoms with Crippen molar-refractivity contribution in [2.75, 3.05) is 25.5 Å². The zero-order valence-corrected chi connectivity index (χ0v) is 17.1. The van der Waals surface area contributed by atoms with E-state index in [0.29, 0.717) is 25.2 Å². The summed E-state index contributed by atoms with van der Waals surface area (Å²) in [6.07, 6.45) is 6.51. The lowest BCUT2D eigenvalue weighted by Crippen LogP contribution is -2.38. The van der Waals surface area contributed by atoms with Crippen LogP contribution in [-0.2, 0) is 18.0 Å². The largest absolute Gasteiger partial charge is 0.495 e. The van der Waals surface area contributed by atoms with Gasteiger partial charge in [0.1, 0.15) is 23.0 Å². The van der Waals surface area contributed by atoms with Crippen LogP contribution < -0.4 is 15.4 Å². The molecule has 5 heterocycles. The van der Waals surface area contributed by atoms with Crippen LogP contribution in [0.25, 0.3) is 17.0 Å². The van der Waals surface area contributed by atoms with Crippen molar-refractivity contribution in [3.05, 3.63) is 35.2 Å². The lowest BCUT2D eigenvalue weighted by Gasteiger charge is -2.25. The number of pyridine rings is 1. The monoisotopic (exact) mass is 406 g/mol. The molecule has 1 saturated carbocycles. The molecule has 156 valence electrons. The van der Waals surface area contributed by atoms with Crippen LogP contribution in [0.3, 0.4) is 0 Å². The molecule has 2 fully saturated rings. The Morgan fingerprint density at radius 3 is 2.97 bits per heavy atom. The number of imidazole rings is 1. The minimum atomic E-state index is 0.386. The first kappa shape index (κ1) is 18.1. The van der Waals surface area contributed by atoms with Crippen molar-refractivity contribution in [1.82, 2.24) is 24.9 Å². The molecule has 3 aromatic heterocycles. The zero-order valence-electron chi connectivity index (χ0n) is 17.1. The Bertz CT molecular complexity index is 1100. The lowest BCUT2D eigenvalue weighted by atomic mass is 10.1. The molecule has 1 atom stereocenters. The fourth-order valence-electron chi connectivity index (χ4n) is 4.49. The van der Waals surface area contributed by atoms with Crippen LogP contribution in [0.4, 0.5) is 5.82 Å². The molecule has 0 spiro atoms. The van der Waals surface area contributed by atoms with Gasteiger partial charge in [0, 0.05) is 30.1 Å². The van der Waals surface area contributed by atoms with Crippen molar-refractivity contribution in [2.45, 2.75) is 50.9 Å². The van der Waals surface area contributed by atoms with Crippen molar-refractivity contribution < 1.29 is 9.47 Å². The molecule has 8 heteroatoms. The number of fused-ring (bicyclic) bond motifs is 2. The van der Waals surface area contributed by atoms with Crippen LogP contribution in [0.2, 0.25) is 0 Å². The molecule has 2 aliphatic heterocycles. The minimum absolute atomic E-state index is 0.386. The van der Waals surface area contributed by atoms with Crippen molar-refractivity contribution >= 4 is 11.5 Å². The SMILES string of the molecule is COc1cc2ncc(-c3cc4c(c(NC5CCCNC5)n3)COC4)n2nc1C1CC1. The number of aromatic nitrogens is 4. The van der Waals surface area contributed by atoms with Crippen LogP contribution in [0, 0.1) is 0 Å². The van der Waals surface area contributed by atoms with Crippen LogP contribution >= 0.6 is 0 Å². The highest BCUT2D eigenvalue weighted by atomic mass is 16.5. The standard InChI is InChI=1S/C22H26N6O2/c1-29-19-8-20-24-10-18(28(20)27-21(19)13-4-5-13)17-7-14-11-30-12-16(14)22(26-17)25-15-3-2-6-23-9-15/h7-8,10,13,15,23H,2-6,9,11-12H2,1H3,(H,25,26). The molecule has 2 N–H and O–H groups in total. The van der Waals surface area contributed by atoms with Gasteiger partial charge in [-0.3, -0.25) is 0 Å². The van der Waals surface area contributed by atoms with Crippen LogP contribution in [0.5, 0.6) is 5.75 Å². The first-order valence-electron chi connectivity index (χ1n) is 10.8. The number of rotatable bonds is 5. The maximum atomic E-state index is 5.74. The van der Waals surface area contributed by atoms with Gasteiger partial charge in [-0.05, 0) is 43.9 Å². The number of nitrogens with one attached hydrogen (secondary N) is 2. The predicted molar refractivity (Wildman–Crippen MR) is 113 cm³/mol. The van der Waals surface area contributed by atoms with E-state index in [-0.39, 0.29) is 0 Å². The number of ether oxygens (including phenoxy) is 2. The second-order valence-corrected chi connectivity index (χ2v) is 8.46. The van der Waals surface area contributed by atoms with E-state index in [1.165, 1.54) is 17.5 Å². The molecule has 30 heavy (non-hydrogen) atoms. The third-order valence-corrected chi connectivity index (χ3v) is 6.29. The molecular formula is C22H26N6O2. The van der Waals surface area contributed by atoms with E-state index in [2.05, 4.69) is 21.7 Å². The molecule has 3 aromatic rings. The van der Waals surface area contributed by atoms with Gasteiger partial charge in [-0.25, -0.2) is 14.5 Å². The molecule has 6 rings (SSSR count). The van der Waals surface area contributed by atoms with E-state index in [1.54, 1.807) is 7.11 Å². The molecule has 8 nitrogen and oxygen atoms in total. The third kappa shape index (κ3) is 3.11. The number of anilines is 1. The number of piperidine rings is 1. The predicted octanol–water partition coefficient (Wildman–Crippen LogP) is 2.87. The molecule has 3 aliphatic rings. The highest BCUT2D eigenvalue weighted by Crippen LogP contribution is 2.43. The zero-order chi connectivity index (χ0) is 20.1. The quantitative estimate of drug-likeness (QED) is 0.674. The van der Waals surface area contributed by atoms with Gasteiger partial charge in [0.15, 0.2) is 5.65 Å². The second kappa shape index (κ2) is 7.21. The van der Waals surface area contributed by atoms with Crippen LogP contribution in [0.1, 0.15) is 48.4 Å². The number of hydrogen-bond donors (Lipinski definition) is 2. The number of methoxy groups -OCH3 is 1. The summed E-state index contributed by atoms with van der Waals surface area (Å²) in [6.45, 7) is 3.28. The lowest BCUT2D eigenvalue weighted by molar-refractivity contribution is 0.134. The van der Waals surface area contributed by atoms with Gasteiger partial charge in [0.2, 0.25) is 0 Å². The number of nitrogens with zero attached hydrogens (tertiary/aromatic N) is 4. The Hall–Kier alpha value is -2.71. The third-order valence-electron chi connectivity index (χ3n) is 6.29. The van der Waals surface area contributed by atoms with Gasteiger partial charge in [0.25, 0.3) is 0 Å². The van der Waals surface area contributed by atoms with Gasteiger partial charge in [-0.15, -0.1) is 0 Å². The van der Waals surface area contributed by atoms with E-state index in [1.807, 2.05) is 16.8 Å². The Kier molecular flexibility index (Phi) is 4.35. The normalized spacial score (nSPS) is 21.0. The molecule has 1 unspecified atom stereocenters. The van der Waals surface area contributed by atoms with E-state index >= 15 is 0 Å². The summed E-state index contributed by atoms with van der Waals surface area (Å²) in [7, 11) is 1.70. The Balaban J connectivity index is 1.43. The van der Waals surface area contributed by atoms with E-state index < -0.39 is 0 Å². The molecule has 1 saturated heterocycles. The summed E-state index contributed by atoms with van der Waals surface area (Å²) >= 11 is 0. The summed E-state index contributed by atoms with van der Waals surface area (Å²) in [5.41, 5.74) is 5.92. The maximum absolute atomic E-state index is 5.74. The highest BCUT2D eigenvalue weighted by molar-refractivity contribution is 5.66. The van der Waals surface area contributed by atoms with E-state index in [4.69, 9.17) is 19.6 Å². The first-order valence-corrected chi connectivity index (χ1v) is 10.8. The van der Waals surface area contributed by atoms with Gasteiger partial charge in [-0.1, -0.05) is 0 Å². The van der Waals surface area contributed by atoms with Gasteiger partial charge >= 0.3 is 0 Å². The summed E-state index contributed by atoms with van der Waals surface area (Å²) < 4.78 is 13.2. The summed E-state index contributed by atoms with van der Waals surface area (Å²) in [4.78, 5) is 9.60. The molecule has 0 bridgehead atoms. The van der Waals surface area contributed by atoms with E-state index in [0.717, 1.165) is 66.6 Å². The first-order chi connectivity index (χ1) is 14.8. The summed E-state index contributed by atoms with van der Waals surface area (Å²) in [6, 6.07) is 4.49. The fraction of sp³-hybridized carbons (Fsp3) is 0.500. The topological polar surface area (TPSA) is 85.6 Å². The Morgan fingerprint density at radius 2 is 2.17 bits per heavy atom. The van der Waals surface area contributed by atoms with Gasteiger partial charge < -0.3 is 20.1 Å². The van der Waals surface area contributed by atoms with Gasteiger partial charge in [0.05, 0.1) is 32.2 Å². The maximum Gasteiger partial charge on any atom is 0.157 e. The smallest absolute Gasteiger partial charge is 0.157 e. The summed E-state index contributed by atoms with van der Waals surface area (Å²) in [5.74, 6) is 2.24. The fourth-order valence-corrected chi connectivity index (χ4v) is 4.49. The Morgan fingerprint density at radius 1 is 1.23 bits per heavy atom. The van der Waals surface area contributed by atoms with E-state index in [9.17, 15) is 0 Å². The average molecular weight is 406 g/mol. The molecule has 0 aromatic carbocycles. The van der Waals surface area contributed by atoms with Gasteiger partial charge in [-0.2, -0.15) is 5.10 Å². The van der Waals surface area contributed by atoms with Crippen molar-refractivity contribution in [3.8, 4) is 17.1 Å². The minimum Gasteiger partial charge on any atom is -0.495 e. The second-order valence-electron chi connectivity index (χ2n) is 8.46.